The van der Waals surface area contributed by atoms with Crippen LogP contribution in [0.25, 0.3) is 0 Å². The van der Waals surface area contributed by atoms with Gasteiger partial charge in [-0.2, -0.15) is 0 Å². The quantitative estimate of drug-likeness (QED) is 0.908. The van der Waals surface area contributed by atoms with Gasteiger partial charge in [-0.25, -0.2) is 8.42 Å². The number of benzene rings is 1. The Hall–Kier alpha value is -0.390. The van der Waals surface area contributed by atoms with Crippen LogP contribution in [-0.4, -0.2) is 21.2 Å². The van der Waals surface area contributed by atoms with E-state index in [4.69, 9.17) is 5.73 Å². The third-order valence-electron chi connectivity index (χ3n) is 1.79. The topological polar surface area (TPSA) is 60.2 Å². The molecule has 1 aromatic rings. The minimum absolute atomic E-state index is 0.329. The Kier molecular flexibility index (Phi) is 3.69. The fraction of sp³-hybridized carbons (Fsp3) is 0.333. The van der Waals surface area contributed by atoms with Crippen molar-refractivity contribution < 1.29 is 8.42 Å². The minimum atomic E-state index is -3.14. The van der Waals surface area contributed by atoms with Gasteiger partial charge < -0.3 is 5.73 Å². The second kappa shape index (κ2) is 4.42. The molecule has 0 spiro atoms. The Bertz CT molecular complexity index is 428. The normalized spacial score (nSPS) is 11.6. The van der Waals surface area contributed by atoms with Crippen molar-refractivity contribution in [2.75, 3.05) is 12.8 Å². The van der Waals surface area contributed by atoms with E-state index in [1.165, 1.54) is 6.26 Å². The average Bonchev–Trinajstić information content (AvgIpc) is 2.02. The third-order valence-corrected chi connectivity index (χ3v) is 3.34. The van der Waals surface area contributed by atoms with Crippen LogP contribution in [-0.2, 0) is 16.3 Å². The molecule has 0 bridgehead atoms. The van der Waals surface area contributed by atoms with Crippen LogP contribution in [0.5, 0.6) is 0 Å². The van der Waals surface area contributed by atoms with Crippen molar-refractivity contribution in [2.24, 2.45) is 5.73 Å². The van der Waals surface area contributed by atoms with Gasteiger partial charge in [-0.3, -0.25) is 0 Å². The molecule has 2 N–H and O–H groups in total. The van der Waals surface area contributed by atoms with Gasteiger partial charge in [-0.05, 0) is 36.7 Å². The van der Waals surface area contributed by atoms with Crippen molar-refractivity contribution in [2.45, 2.75) is 11.3 Å². The zero-order valence-corrected chi connectivity index (χ0v) is 10.2. The second-order valence-electron chi connectivity index (χ2n) is 3.11. The molecule has 0 radical (unpaired) electrons. The predicted molar refractivity (Wildman–Crippen MR) is 60.0 cm³/mol. The first-order valence-electron chi connectivity index (χ1n) is 4.13. The van der Waals surface area contributed by atoms with E-state index < -0.39 is 9.84 Å². The first-order valence-corrected chi connectivity index (χ1v) is 6.81. The first kappa shape index (κ1) is 11.7. The SMILES string of the molecule is CS(=O)(=O)c1cc(Br)cc(CCN)c1. The molecule has 1 aromatic carbocycles. The molecule has 78 valence electrons. The molecule has 0 atom stereocenters. The Morgan fingerprint density at radius 3 is 2.50 bits per heavy atom. The van der Waals surface area contributed by atoms with E-state index in [1.54, 1.807) is 12.1 Å². The van der Waals surface area contributed by atoms with Crippen LogP contribution in [0.4, 0.5) is 0 Å². The Morgan fingerprint density at radius 2 is 2.00 bits per heavy atom. The fourth-order valence-electron chi connectivity index (χ4n) is 1.15. The molecule has 0 saturated carbocycles. The van der Waals surface area contributed by atoms with Crippen molar-refractivity contribution in [3.05, 3.63) is 28.2 Å². The second-order valence-corrected chi connectivity index (χ2v) is 6.04. The summed E-state index contributed by atoms with van der Waals surface area (Å²) in [6, 6.07) is 5.13. The zero-order valence-electron chi connectivity index (χ0n) is 7.83. The molecule has 0 aliphatic rings. The van der Waals surface area contributed by atoms with Crippen molar-refractivity contribution in [3.8, 4) is 0 Å². The highest BCUT2D eigenvalue weighted by atomic mass is 79.9. The monoisotopic (exact) mass is 277 g/mol. The standard InChI is InChI=1S/C9H12BrNO2S/c1-14(12,13)9-5-7(2-3-11)4-8(10)6-9/h4-6H,2-3,11H2,1H3. The lowest BCUT2D eigenvalue weighted by molar-refractivity contribution is 0.601. The molecule has 0 saturated heterocycles. The van der Waals surface area contributed by atoms with Crippen LogP contribution >= 0.6 is 15.9 Å². The van der Waals surface area contributed by atoms with Gasteiger partial charge in [0.15, 0.2) is 9.84 Å². The highest BCUT2D eigenvalue weighted by molar-refractivity contribution is 9.10. The van der Waals surface area contributed by atoms with E-state index >= 15 is 0 Å². The van der Waals surface area contributed by atoms with Crippen LogP contribution in [0.3, 0.4) is 0 Å². The number of sulfone groups is 1. The molecule has 14 heavy (non-hydrogen) atoms. The maximum absolute atomic E-state index is 11.3. The molecule has 0 aliphatic heterocycles. The van der Waals surface area contributed by atoms with Crippen LogP contribution in [0, 0.1) is 0 Å². The van der Waals surface area contributed by atoms with Gasteiger partial charge in [-0.1, -0.05) is 15.9 Å². The number of hydrogen-bond donors (Lipinski definition) is 1. The van der Waals surface area contributed by atoms with Gasteiger partial charge >= 0.3 is 0 Å². The summed E-state index contributed by atoms with van der Waals surface area (Å²) in [6.45, 7) is 0.514. The summed E-state index contributed by atoms with van der Waals surface area (Å²) in [6.07, 6.45) is 1.88. The van der Waals surface area contributed by atoms with Crippen molar-refractivity contribution >= 4 is 25.8 Å². The number of halogens is 1. The molecular formula is C9H12BrNO2S. The van der Waals surface area contributed by atoms with E-state index in [0.29, 0.717) is 17.9 Å². The lowest BCUT2D eigenvalue weighted by Crippen LogP contribution is -2.04. The molecular weight excluding hydrogens is 266 g/mol. The number of nitrogens with two attached hydrogens (primary N) is 1. The van der Waals surface area contributed by atoms with E-state index in [2.05, 4.69) is 15.9 Å². The lowest BCUT2D eigenvalue weighted by atomic mass is 10.1. The summed E-state index contributed by atoms with van der Waals surface area (Å²) >= 11 is 3.27. The van der Waals surface area contributed by atoms with Gasteiger partial charge in [0.05, 0.1) is 4.90 Å². The van der Waals surface area contributed by atoms with Gasteiger partial charge in [0.1, 0.15) is 0 Å². The predicted octanol–water partition coefficient (Wildman–Crippen LogP) is 1.35. The van der Waals surface area contributed by atoms with Crippen LogP contribution in [0.15, 0.2) is 27.6 Å². The van der Waals surface area contributed by atoms with Gasteiger partial charge in [-0.15, -0.1) is 0 Å². The van der Waals surface area contributed by atoms with Gasteiger partial charge in [0.2, 0.25) is 0 Å². The Morgan fingerprint density at radius 1 is 1.36 bits per heavy atom. The third kappa shape index (κ3) is 3.08. The fourth-order valence-corrected chi connectivity index (χ4v) is 2.54. The Balaban J connectivity index is 3.21. The Labute approximate surface area is 92.4 Å². The van der Waals surface area contributed by atoms with E-state index in [9.17, 15) is 8.42 Å². The maximum atomic E-state index is 11.3. The molecule has 0 unspecified atom stereocenters. The summed E-state index contributed by atoms with van der Waals surface area (Å²) < 4.78 is 23.3. The highest BCUT2D eigenvalue weighted by Gasteiger charge is 2.08. The lowest BCUT2D eigenvalue weighted by Gasteiger charge is -2.04. The molecule has 0 heterocycles. The van der Waals surface area contributed by atoms with Crippen LogP contribution in [0.2, 0.25) is 0 Å². The van der Waals surface area contributed by atoms with Crippen LogP contribution in [0.1, 0.15) is 5.56 Å². The maximum Gasteiger partial charge on any atom is 0.175 e. The van der Waals surface area contributed by atoms with E-state index in [1.807, 2.05) is 6.07 Å². The first-order chi connectivity index (χ1) is 6.43. The van der Waals surface area contributed by atoms with E-state index in [0.717, 1.165) is 10.0 Å². The molecule has 0 aromatic heterocycles. The summed E-state index contributed by atoms with van der Waals surface area (Å²) in [7, 11) is -3.14. The minimum Gasteiger partial charge on any atom is -0.330 e. The van der Waals surface area contributed by atoms with Gasteiger partial charge in [0, 0.05) is 10.7 Å². The summed E-state index contributed by atoms with van der Waals surface area (Å²) in [5.74, 6) is 0. The van der Waals surface area contributed by atoms with Crippen molar-refractivity contribution in [1.29, 1.82) is 0 Å². The highest BCUT2D eigenvalue weighted by Crippen LogP contribution is 2.19. The molecule has 1 rings (SSSR count). The summed E-state index contributed by atoms with van der Waals surface area (Å²) in [4.78, 5) is 0.329. The molecule has 5 heteroatoms. The average molecular weight is 278 g/mol. The molecule has 0 aliphatic carbocycles. The van der Waals surface area contributed by atoms with Crippen molar-refractivity contribution in [3.63, 3.8) is 0 Å². The zero-order chi connectivity index (χ0) is 10.8. The summed E-state index contributed by atoms with van der Waals surface area (Å²) in [5.41, 5.74) is 6.34. The number of rotatable bonds is 3. The molecule has 0 amide bonds. The molecule has 3 nitrogen and oxygen atoms in total. The van der Waals surface area contributed by atoms with Crippen LogP contribution < -0.4 is 5.73 Å². The van der Waals surface area contributed by atoms with Crippen molar-refractivity contribution in [1.82, 2.24) is 0 Å². The number of hydrogen-bond acceptors (Lipinski definition) is 3. The van der Waals surface area contributed by atoms with E-state index in [-0.39, 0.29) is 0 Å². The smallest absolute Gasteiger partial charge is 0.175 e. The summed E-state index contributed by atoms with van der Waals surface area (Å²) in [5, 5.41) is 0. The largest absolute Gasteiger partial charge is 0.330 e. The van der Waals surface area contributed by atoms with Gasteiger partial charge in [0.25, 0.3) is 0 Å². The molecule has 0 fully saturated rings.